The monoisotopic (exact) mass is 319 g/mol. The summed E-state index contributed by atoms with van der Waals surface area (Å²) in [6, 6.07) is 4.01. The second-order valence-electron chi connectivity index (χ2n) is 5.33. The number of amides is 1. The maximum absolute atomic E-state index is 13.2. The van der Waals surface area contributed by atoms with E-state index in [1.807, 2.05) is 0 Å². The number of fused-ring (bicyclic) bond motifs is 1. The van der Waals surface area contributed by atoms with Crippen LogP contribution in [0.1, 0.15) is 10.5 Å². The molecule has 3 N–H and O–H groups in total. The van der Waals surface area contributed by atoms with Gasteiger partial charge in [-0.1, -0.05) is 0 Å². The van der Waals surface area contributed by atoms with Crippen molar-refractivity contribution in [2.24, 2.45) is 0 Å². The molecule has 1 amide bonds. The third-order valence-corrected chi connectivity index (χ3v) is 3.80. The molecule has 23 heavy (non-hydrogen) atoms. The van der Waals surface area contributed by atoms with Crippen molar-refractivity contribution in [1.82, 2.24) is 20.4 Å². The van der Waals surface area contributed by atoms with E-state index in [-0.39, 0.29) is 17.3 Å². The van der Waals surface area contributed by atoms with E-state index in [9.17, 15) is 9.18 Å². The van der Waals surface area contributed by atoms with Crippen molar-refractivity contribution in [3.05, 3.63) is 29.7 Å². The lowest BCUT2D eigenvalue weighted by molar-refractivity contribution is 0.0383. The van der Waals surface area contributed by atoms with Crippen LogP contribution in [0.3, 0.4) is 0 Å². The smallest absolute Gasteiger partial charge is 0.274 e. The molecular formula is C15H18FN5O2. The molecule has 122 valence electrons. The molecule has 1 aromatic carbocycles. The molecule has 1 saturated heterocycles. The minimum absolute atomic E-state index is 0.0612. The van der Waals surface area contributed by atoms with Crippen molar-refractivity contribution in [2.75, 3.05) is 45.1 Å². The first-order chi connectivity index (χ1) is 11.1. The average Bonchev–Trinajstić information content (AvgIpc) is 2.56. The maximum Gasteiger partial charge on any atom is 0.274 e. The second kappa shape index (κ2) is 6.84. The van der Waals surface area contributed by atoms with Crippen molar-refractivity contribution >= 4 is 22.5 Å². The van der Waals surface area contributed by atoms with Gasteiger partial charge in [0.2, 0.25) is 0 Å². The van der Waals surface area contributed by atoms with E-state index < -0.39 is 5.82 Å². The summed E-state index contributed by atoms with van der Waals surface area (Å²) in [6.45, 7) is 4.38. The molecule has 8 heteroatoms. The van der Waals surface area contributed by atoms with E-state index in [0.29, 0.717) is 30.7 Å². The highest BCUT2D eigenvalue weighted by molar-refractivity contribution is 6.04. The molecule has 0 bridgehead atoms. The Morgan fingerprint density at radius 3 is 2.91 bits per heavy atom. The van der Waals surface area contributed by atoms with E-state index in [0.717, 1.165) is 19.6 Å². The molecular weight excluding hydrogens is 301 g/mol. The standard InChI is InChI=1S/C15H18FN5O2/c16-10-1-2-11-12(9-10)19-20-14(13(11)17)15(22)18-3-4-21-5-7-23-8-6-21/h1-2,9H,3-8H2,(H2,17,19)(H,18,22). The van der Waals surface area contributed by atoms with Gasteiger partial charge < -0.3 is 15.8 Å². The fourth-order valence-corrected chi connectivity index (χ4v) is 2.50. The van der Waals surface area contributed by atoms with Gasteiger partial charge in [-0.2, -0.15) is 0 Å². The molecule has 0 unspecified atom stereocenters. The van der Waals surface area contributed by atoms with E-state index >= 15 is 0 Å². The molecule has 0 spiro atoms. The number of carbonyl (C=O) groups excluding carboxylic acids is 1. The van der Waals surface area contributed by atoms with Gasteiger partial charge >= 0.3 is 0 Å². The number of nitrogens with one attached hydrogen (secondary N) is 1. The minimum atomic E-state index is -0.422. The van der Waals surface area contributed by atoms with Crippen LogP contribution < -0.4 is 11.1 Å². The predicted octanol–water partition coefficient (Wildman–Crippen LogP) is 0.413. The van der Waals surface area contributed by atoms with Crippen LogP contribution >= 0.6 is 0 Å². The van der Waals surface area contributed by atoms with E-state index in [1.54, 1.807) is 0 Å². The normalized spacial score (nSPS) is 15.7. The number of ether oxygens (including phenoxy) is 1. The number of rotatable bonds is 4. The van der Waals surface area contributed by atoms with Gasteiger partial charge in [0.15, 0.2) is 5.69 Å². The van der Waals surface area contributed by atoms with E-state index in [4.69, 9.17) is 10.5 Å². The van der Waals surface area contributed by atoms with E-state index in [1.165, 1.54) is 18.2 Å². The third kappa shape index (κ3) is 3.54. The molecule has 1 fully saturated rings. The Morgan fingerprint density at radius 2 is 2.13 bits per heavy atom. The van der Waals surface area contributed by atoms with Crippen LogP contribution in [0.15, 0.2) is 18.2 Å². The van der Waals surface area contributed by atoms with Gasteiger partial charge in [-0.3, -0.25) is 9.69 Å². The van der Waals surface area contributed by atoms with Gasteiger partial charge in [-0.15, -0.1) is 10.2 Å². The summed E-state index contributed by atoms with van der Waals surface area (Å²) in [5.74, 6) is -0.802. The van der Waals surface area contributed by atoms with Crippen LogP contribution in [0, 0.1) is 5.82 Å². The number of nitrogens with zero attached hydrogens (tertiary/aromatic N) is 3. The average molecular weight is 319 g/mol. The second-order valence-corrected chi connectivity index (χ2v) is 5.33. The topological polar surface area (TPSA) is 93.4 Å². The summed E-state index contributed by atoms with van der Waals surface area (Å²) in [4.78, 5) is 14.4. The van der Waals surface area contributed by atoms with Gasteiger partial charge in [0.25, 0.3) is 5.91 Å². The van der Waals surface area contributed by atoms with Crippen LogP contribution in [-0.4, -0.2) is 60.4 Å². The zero-order chi connectivity index (χ0) is 16.2. The number of aromatic nitrogens is 2. The lowest BCUT2D eigenvalue weighted by atomic mass is 10.1. The number of hydrogen-bond acceptors (Lipinski definition) is 6. The lowest BCUT2D eigenvalue weighted by Crippen LogP contribution is -2.41. The van der Waals surface area contributed by atoms with Gasteiger partial charge in [0.1, 0.15) is 5.82 Å². The number of halogens is 1. The number of carbonyl (C=O) groups is 1. The largest absolute Gasteiger partial charge is 0.396 e. The Labute approximate surface area is 132 Å². The zero-order valence-corrected chi connectivity index (χ0v) is 12.6. The Morgan fingerprint density at radius 1 is 1.35 bits per heavy atom. The first-order valence-electron chi connectivity index (χ1n) is 7.45. The molecule has 7 nitrogen and oxygen atoms in total. The molecule has 1 aliphatic rings. The number of hydrogen-bond donors (Lipinski definition) is 2. The maximum atomic E-state index is 13.2. The van der Waals surface area contributed by atoms with Crippen LogP contribution in [0.2, 0.25) is 0 Å². The summed E-state index contributed by atoms with van der Waals surface area (Å²) in [7, 11) is 0. The van der Waals surface area contributed by atoms with E-state index in [2.05, 4.69) is 20.4 Å². The number of anilines is 1. The first-order valence-corrected chi connectivity index (χ1v) is 7.45. The fraction of sp³-hybridized carbons (Fsp3) is 0.400. The predicted molar refractivity (Wildman–Crippen MR) is 83.5 cm³/mol. The van der Waals surface area contributed by atoms with Crippen molar-refractivity contribution in [3.63, 3.8) is 0 Å². The Balaban J connectivity index is 1.66. The molecule has 1 aliphatic heterocycles. The highest BCUT2D eigenvalue weighted by Gasteiger charge is 2.16. The Kier molecular flexibility index (Phi) is 4.63. The fourth-order valence-electron chi connectivity index (χ4n) is 2.50. The first kappa shape index (κ1) is 15.6. The van der Waals surface area contributed by atoms with Crippen LogP contribution in [0.4, 0.5) is 10.1 Å². The van der Waals surface area contributed by atoms with Crippen LogP contribution in [0.25, 0.3) is 10.9 Å². The molecule has 0 atom stereocenters. The van der Waals surface area contributed by atoms with Gasteiger partial charge in [-0.05, 0) is 12.1 Å². The molecule has 0 radical (unpaired) electrons. The quantitative estimate of drug-likeness (QED) is 0.848. The highest BCUT2D eigenvalue weighted by atomic mass is 19.1. The third-order valence-electron chi connectivity index (χ3n) is 3.80. The number of benzene rings is 1. The number of morpholine rings is 1. The summed E-state index contributed by atoms with van der Waals surface area (Å²) >= 11 is 0. The highest BCUT2D eigenvalue weighted by Crippen LogP contribution is 2.21. The minimum Gasteiger partial charge on any atom is -0.396 e. The molecule has 2 aromatic rings. The molecule has 0 aliphatic carbocycles. The Hall–Kier alpha value is -2.32. The number of nitrogens with two attached hydrogens (primary N) is 1. The summed E-state index contributed by atoms with van der Waals surface area (Å²) < 4.78 is 18.4. The summed E-state index contributed by atoms with van der Waals surface area (Å²) in [5.41, 5.74) is 6.57. The molecule has 3 rings (SSSR count). The van der Waals surface area contributed by atoms with Crippen molar-refractivity contribution in [2.45, 2.75) is 0 Å². The SMILES string of the molecule is Nc1c(C(=O)NCCN2CCOCC2)nnc2cc(F)ccc12. The summed E-state index contributed by atoms with van der Waals surface area (Å²) in [5, 5.41) is 11.0. The summed E-state index contributed by atoms with van der Waals surface area (Å²) in [6.07, 6.45) is 0. The van der Waals surface area contributed by atoms with Gasteiger partial charge in [0, 0.05) is 37.6 Å². The Bertz CT molecular complexity index is 718. The van der Waals surface area contributed by atoms with Crippen molar-refractivity contribution in [1.29, 1.82) is 0 Å². The molecule has 2 heterocycles. The number of nitrogen functional groups attached to an aromatic ring is 1. The van der Waals surface area contributed by atoms with Crippen molar-refractivity contribution in [3.8, 4) is 0 Å². The van der Waals surface area contributed by atoms with Crippen LogP contribution in [0.5, 0.6) is 0 Å². The van der Waals surface area contributed by atoms with Gasteiger partial charge in [0.05, 0.1) is 24.4 Å². The molecule has 0 saturated carbocycles. The van der Waals surface area contributed by atoms with Crippen LogP contribution in [-0.2, 0) is 4.74 Å². The zero-order valence-electron chi connectivity index (χ0n) is 12.6. The van der Waals surface area contributed by atoms with Crippen molar-refractivity contribution < 1.29 is 13.9 Å². The lowest BCUT2D eigenvalue weighted by Gasteiger charge is -2.26. The molecule has 1 aromatic heterocycles. The van der Waals surface area contributed by atoms with Gasteiger partial charge in [-0.25, -0.2) is 4.39 Å².